The average Bonchev–Trinajstić information content (AvgIpc) is 2.98. The van der Waals surface area contributed by atoms with E-state index in [1.54, 1.807) is 7.05 Å². The Morgan fingerprint density at radius 2 is 1.63 bits per heavy atom. The average molecular weight is 622 g/mol. The van der Waals surface area contributed by atoms with Gasteiger partial charge in [-0.25, -0.2) is 9.59 Å². The van der Waals surface area contributed by atoms with E-state index in [1.165, 1.54) is 32.0 Å². The number of carbonyl (C=O) groups is 3. The summed E-state index contributed by atoms with van der Waals surface area (Å²) >= 11 is 0. The first-order valence-corrected chi connectivity index (χ1v) is 13.9. The number of carboxylic acids is 1. The van der Waals surface area contributed by atoms with Crippen molar-refractivity contribution in [1.29, 1.82) is 0 Å². The lowest BCUT2D eigenvalue weighted by molar-refractivity contribution is -0.147. The number of ether oxygens (including phenoxy) is 6. The van der Waals surface area contributed by atoms with E-state index in [0.29, 0.717) is 39.6 Å². The molecule has 0 bridgehead atoms. The molecule has 2 amide bonds. The monoisotopic (exact) mass is 621 g/mol. The molecular weight excluding hydrogens is 574 g/mol. The van der Waals surface area contributed by atoms with E-state index in [2.05, 4.69) is 20.9 Å². The molecule has 1 aliphatic rings. The van der Waals surface area contributed by atoms with Crippen LogP contribution in [0.3, 0.4) is 0 Å². The van der Waals surface area contributed by atoms with Crippen molar-refractivity contribution >= 4 is 23.9 Å². The molecule has 17 nitrogen and oxygen atoms in total. The lowest BCUT2D eigenvalue weighted by Gasteiger charge is -2.41. The molecule has 0 spiro atoms. The highest BCUT2D eigenvalue weighted by molar-refractivity contribution is 5.85. The third-order valence-electron chi connectivity index (χ3n) is 6.01. The van der Waals surface area contributed by atoms with E-state index in [0.717, 1.165) is 0 Å². The molecule has 0 aromatic rings. The molecule has 5 atom stereocenters. The van der Waals surface area contributed by atoms with Gasteiger partial charge < -0.3 is 64.6 Å². The molecule has 0 aromatic heterocycles. The first-order valence-electron chi connectivity index (χ1n) is 13.9. The molecule has 43 heavy (non-hydrogen) atoms. The lowest BCUT2D eigenvalue weighted by atomic mass is 9.91. The van der Waals surface area contributed by atoms with Crippen LogP contribution in [0.5, 0.6) is 0 Å². The van der Waals surface area contributed by atoms with Gasteiger partial charge in [-0.3, -0.25) is 9.79 Å². The van der Waals surface area contributed by atoms with Crippen molar-refractivity contribution in [1.82, 2.24) is 20.9 Å². The molecule has 0 saturated heterocycles. The number of aliphatic hydroxyl groups is 2. The summed E-state index contributed by atoms with van der Waals surface area (Å²) in [4.78, 5) is 42.1. The van der Waals surface area contributed by atoms with Gasteiger partial charge >= 0.3 is 12.1 Å². The second-order valence-corrected chi connectivity index (χ2v) is 9.19. The predicted molar refractivity (Wildman–Crippen MR) is 152 cm³/mol. The van der Waals surface area contributed by atoms with Gasteiger partial charge in [0.2, 0.25) is 11.7 Å². The van der Waals surface area contributed by atoms with E-state index < -0.39 is 60.7 Å². The topological polar surface area (TPSA) is 219 Å². The highest BCUT2D eigenvalue weighted by atomic mass is 16.6. The highest BCUT2D eigenvalue weighted by Gasteiger charge is 2.46. The molecular formula is C26H47N5O12. The van der Waals surface area contributed by atoms with Crippen molar-refractivity contribution in [3.05, 3.63) is 11.8 Å². The fraction of sp³-hybridized carbons (Fsp3) is 0.769. The van der Waals surface area contributed by atoms with E-state index in [4.69, 9.17) is 28.4 Å². The van der Waals surface area contributed by atoms with Crippen molar-refractivity contribution in [2.45, 2.75) is 44.2 Å². The third kappa shape index (κ3) is 14.2. The van der Waals surface area contributed by atoms with Gasteiger partial charge in [-0.15, -0.1) is 0 Å². The Labute approximate surface area is 251 Å². The molecule has 0 radical (unpaired) electrons. The maximum absolute atomic E-state index is 12.9. The minimum atomic E-state index is -1.69. The number of nitrogens with one attached hydrogen (secondary N) is 3. The molecule has 1 heterocycles. The van der Waals surface area contributed by atoms with Crippen molar-refractivity contribution in [3.63, 3.8) is 0 Å². The lowest BCUT2D eigenvalue weighted by Crippen LogP contribution is -2.65. The van der Waals surface area contributed by atoms with Crippen LogP contribution >= 0.6 is 0 Å². The molecule has 0 aliphatic carbocycles. The first kappa shape index (κ1) is 37.8. The van der Waals surface area contributed by atoms with Crippen LogP contribution in [0.4, 0.5) is 4.79 Å². The maximum atomic E-state index is 12.9. The van der Waals surface area contributed by atoms with Crippen molar-refractivity contribution in [2.24, 2.45) is 4.99 Å². The number of hydrogen-bond donors (Lipinski definition) is 6. The van der Waals surface area contributed by atoms with Gasteiger partial charge in [-0.05, 0) is 13.0 Å². The summed E-state index contributed by atoms with van der Waals surface area (Å²) in [5.41, 5.74) is 0. The number of aliphatic imine (C=N–C) groups is 1. The number of rotatable bonds is 20. The van der Waals surface area contributed by atoms with Crippen LogP contribution in [0.1, 0.15) is 13.8 Å². The van der Waals surface area contributed by atoms with Gasteiger partial charge in [-0.2, -0.15) is 0 Å². The van der Waals surface area contributed by atoms with Crippen molar-refractivity contribution in [2.75, 3.05) is 87.1 Å². The zero-order valence-corrected chi connectivity index (χ0v) is 25.4. The SMILES string of the molecule is CCOCCOCCOCCOCCN(C)C(=O)O[C@@H]([C@H]1OC(C(=O)O)=C[C@@H](N/C(=N\C)NC)[C@@H]1NC(C)=O)[C@H](O)CO. The maximum Gasteiger partial charge on any atom is 0.410 e. The highest BCUT2D eigenvalue weighted by Crippen LogP contribution is 2.25. The summed E-state index contributed by atoms with van der Waals surface area (Å²) in [6, 6.07) is -1.99. The number of carboxylic acid groups (broad SMARTS) is 1. The quantitative estimate of drug-likeness (QED) is 0.0487. The van der Waals surface area contributed by atoms with Crippen LogP contribution in [0, 0.1) is 0 Å². The zero-order chi connectivity index (χ0) is 32.2. The number of carbonyl (C=O) groups excluding carboxylic acids is 2. The number of likely N-dealkylation sites (N-methyl/N-ethyl adjacent to an activating group) is 1. The van der Waals surface area contributed by atoms with Gasteiger partial charge in [0, 0.05) is 41.2 Å². The molecule has 0 aromatic carbocycles. The van der Waals surface area contributed by atoms with Crippen molar-refractivity contribution < 1.29 is 58.1 Å². The van der Waals surface area contributed by atoms with E-state index >= 15 is 0 Å². The van der Waals surface area contributed by atoms with Gasteiger partial charge in [0.25, 0.3) is 0 Å². The van der Waals surface area contributed by atoms with Gasteiger partial charge in [0.1, 0.15) is 6.10 Å². The Morgan fingerprint density at radius 3 is 2.12 bits per heavy atom. The first-order chi connectivity index (χ1) is 20.6. The zero-order valence-electron chi connectivity index (χ0n) is 25.4. The molecule has 0 fully saturated rings. The normalized spacial score (nSPS) is 19.8. The summed E-state index contributed by atoms with van der Waals surface area (Å²) in [6.45, 7) is 5.62. The van der Waals surface area contributed by atoms with E-state index in [9.17, 15) is 29.7 Å². The van der Waals surface area contributed by atoms with Crippen LogP contribution in [0.15, 0.2) is 16.8 Å². The summed E-state index contributed by atoms with van der Waals surface area (Å²) in [5.74, 6) is -2.21. The molecule has 6 N–H and O–H groups in total. The molecule has 1 aliphatic heterocycles. The summed E-state index contributed by atoms with van der Waals surface area (Å²) in [5, 5.41) is 38.4. The number of aliphatic carboxylic acids is 1. The van der Waals surface area contributed by atoms with Gasteiger partial charge in [0.05, 0.1) is 64.9 Å². The summed E-state index contributed by atoms with van der Waals surface area (Å²) in [7, 11) is 4.50. The van der Waals surface area contributed by atoms with Crippen molar-refractivity contribution in [3.8, 4) is 0 Å². The molecule has 248 valence electrons. The van der Waals surface area contributed by atoms with Gasteiger partial charge in [0.15, 0.2) is 18.2 Å². The van der Waals surface area contributed by atoms with Crippen LogP contribution < -0.4 is 16.0 Å². The third-order valence-corrected chi connectivity index (χ3v) is 6.01. The summed E-state index contributed by atoms with van der Waals surface area (Å²) < 4.78 is 32.5. The minimum Gasteiger partial charge on any atom is -0.477 e. The second kappa shape index (κ2) is 21.5. The van der Waals surface area contributed by atoms with E-state index in [1.807, 2.05) is 6.92 Å². The van der Waals surface area contributed by atoms with Crippen LogP contribution in [-0.4, -0.2) is 162 Å². The Kier molecular flexibility index (Phi) is 18.9. The molecule has 0 saturated carbocycles. The number of amides is 2. The Morgan fingerprint density at radius 1 is 1.05 bits per heavy atom. The molecule has 17 heteroatoms. The number of aliphatic hydroxyl groups excluding tert-OH is 2. The molecule has 0 unspecified atom stereocenters. The Bertz CT molecular complexity index is 906. The van der Waals surface area contributed by atoms with Crippen LogP contribution in [0.2, 0.25) is 0 Å². The largest absolute Gasteiger partial charge is 0.477 e. The van der Waals surface area contributed by atoms with Crippen LogP contribution in [0.25, 0.3) is 0 Å². The predicted octanol–water partition coefficient (Wildman–Crippen LogP) is -2.10. The number of guanidine groups is 1. The summed E-state index contributed by atoms with van der Waals surface area (Å²) in [6.07, 6.45) is -4.40. The smallest absolute Gasteiger partial charge is 0.410 e. The van der Waals surface area contributed by atoms with Crippen LogP contribution in [-0.2, 0) is 38.0 Å². The Hall–Kier alpha value is -3.22. The molecule has 1 rings (SSSR count). The number of hydrogen-bond acceptors (Lipinski definition) is 12. The second-order valence-electron chi connectivity index (χ2n) is 9.19. The minimum absolute atomic E-state index is 0.102. The Balaban J connectivity index is 2.81. The van der Waals surface area contributed by atoms with E-state index in [-0.39, 0.29) is 25.7 Å². The van der Waals surface area contributed by atoms with Gasteiger partial charge in [-0.1, -0.05) is 0 Å². The number of nitrogens with zero attached hydrogens (tertiary/aromatic N) is 2. The fourth-order valence-corrected chi connectivity index (χ4v) is 3.84. The standard InChI is InChI=1S/C26H47N5O12/c1-6-38-9-10-40-13-14-41-12-11-39-8-7-31(5)26(37)43-22(19(34)16-32)23-21(29-17(2)33)18(30-25(27-3)28-4)15-20(42-23)24(35)36/h15,18-19,21-23,32,34H,6-14,16H2,1-5H3,(H,29,33)(H,35,36)(H2,27,28,30)/t18-,19-,21+,22-,23+/m1/s1. The fourth-order valence-electron chi connectivity index (χ4n) is 3.84.